The second kappa shape index (κ2) is 5.49. The highest BCUT2D eigenvalue weighted by Crippen LogP contribution is 2.29. The molecule has 0 saturated heterocycles. The summed E-state index contributed by atoms with van der Waals surface area (Å²) in [6.07, 6.45) is 1.53. The zero-order chi connectivity index (χ0) is 18.7. The summed E-state index contributed by atoms with van der Waals surface area (Å²) in [4.78, 5) is 18.4. The molecule has 0 fully saturated rings. The average Bonchev–Trinajstić information content (AvgIpc) is 3.02. The Kier molecular flexibility index (Phi) is 3.47. The molecule has 0 aliphatic carbocycles. The second-order valence-corrected chi connectivity index (χ2v) is 6.98. The number of hydrogen-bond acceptors (Lipinski definition) is 4. The number of fused-ring (bicyclic) bond motifs is 2. The van der Waals surface area contributed by atoms with Gasteiger partial charge in [0.1, 0.15) is 11.0 Å². The molecule has 2 aromatic carbocycles. The van der Waals surface area contributed by atoms with Gasteiger partial charge in [0, 0.05) is 7.05 Å². The van der Waals surface area contributed by atoms with Gasteiger partial charge in [0.05, 0.1) is 22.9 Å². The van der Waals surface area contributed by atoms with Crippen LogP contribution in [0.25, 0.3) is 27.6 Å². The van der Waals surface area contributed by atoms with Crippen LogP contribution in [-0.4, -0.2) is 24.5 Å². The summed E-state index contributed by atoms with van der Waals surface area (Å²) in [6, 6.07) is 3.61. The third-order valence-electron chi connectivity index (χ3n) is 5.58. The van der Waals surface area contributed by atoms with Gasteiger partial charge >= 0.3 is 0 Å². The van der Waals surface area contributed by atoms with Gasteiger partial charge in [-0.1, -0.05) is 0 Å². The molecule has 26 heavy (non-hydrogen) atoms. The zero-order valence-electron chi connectivity index (χ0n) is 15.9. The van der Waals surface area contributed by atoms with Gasteiger partial charge in [0.25, 0.3) is 5.56 Å². The van der Waals surface area contributed by atoms with Crippen molar-refractivity contribution in [1.29, 1.82) is 0 Å². The molecule has 6 nitrogen and oxygen atoms in total. The molecule has 4 aromatic rings. The van der Waals surface area contributed by atoms with Gasteiger partial charge in [-0.2, -0.15) is 0 Å². The van der Waals surface area contributed by atoms with Crippen molar-refractivity contribution < 1.29 is 0 Å². The van der Waals surface area contributed by atoms with Gasteiger partial charge < -0.3 is 4.57 Å². The summed E-state index contributed by atoms with van der Waals surface area (Å²) in [7, 11) is 1.69. The largest absolute Gasteiger partial charge is 0.302 e. The third-order valence-corrected chi connectivity index (χ3v) is 5.58. The number of rotatable bonds is 1. The molecule has 0 saturated carbocycles. The Labute approximate surface area is 151 Å². The summed E-state index contributed by atoms with van der Waals surface area (Å²) in [5, 5.41) is 9.90. The molecular formula is C20H21N5O. The van der Waals surface area contributed by atoms with Gasteiger partial charge in [-0.3, -0.25) is 4.79 Å². The van der Waals surface area contributed by atoms with E-state index >= 15 is 0 Å². The Bertz CT molecular complexity index is 1230. The number of aromatic nitrogens is 5. The van der Waals surface area contributed by atoms with Crippen molar-refractivity contribution in [3.63, 3.8) is 0 Å². The standard InChI is InChI=1S/C20H21N5O/c1-10-11(2)13(4)19(14(5)12(10)3)25-22-17-7-15-16(8-18(17)23-25)21-9-24(6)20(15)26/h7-9H,1-6H3. The molecule has 0 aliphatic rings. The van der Waals surface area contributed by atoms with Gasteiger partial charge in [-0.25, -0.2) is 4.98 Å². The highest BCUT2D eigenvalue weighted by atomic mass is 16.1. The predicted molar refractivity (Wildman–Crippen MR) is 103 cm³/mol. The average molecular weight is 347 g/mol. The first kappa shape index (κ1) is 16.4. The SMILES string of the molecule is Cc1c(C)c(C)c(-n2nc3cc4ncn(C)c(=O)c4cc3n2)c(C)c1C. The van der Waals surface area contributed by atoms with E-state index < -0.39 is 0 Å². The Morgan fingerprint density at radius 1 is 0.769 bits per heavy atom. The van der Waals surface area contributed by atoms with Crippen molar-refractivity contribution in [2.75, 3.05) is 0 Å². The molecule has 0 radical (unpaired) electrons. The molecule has 0 N–H and O–H groups in total. The number of benzene rings is 2. The van der Waals surface area contributed by atoms with Crippen LogP contribution < -0.4 is 5.56 Å². The monoisotopic (exact) mass is 347 g/mol. The lowest BCUT2D eigenvalue weighted by Gasteiger charge is -2.17. The molecule has 0 atom stereocenters. The van der Waals surface area contributed by atoms with Gasteiger partial charge in [-0.05, 0) is 74.6 Å². The van der Waals surface area contributed by atoms with Gasteiger partial charge in [0.2, 0.25) is 0 Å². The normalized spacial score (nSPS) is 11.6. The van der Waals surface area contributed by atoms with Crippen molar-refractivity contribution in [3.8, 4) is 5.69 Å². The van der Waals surface area contributed by atoms with Crippen molar-refractivity contribution in [3.05, 3.63) is 56.6 Å². The van der Waals surface area contributed by atoms with E-state index in [4.69, 9.17) is 0 Å². The molecular weight excluding hydrogens is 326 g/mol. The van der Waals surface area contributed by atoms with Crippen molar-refractivity contribution in [2.45, 2.75) is 34.6 Å². The molecule has 6 heteroatoms. The van der Waals surface area contributed by atoms with E-state index in [0.29, 0.717) is 16.4 Å². The topological polar surface area (TPSA) is 65.6 Å². The molecule has 0 aliphatic heterocycles. The van der Waals surface area contributed by atoms with Crippen molar-refractivity contribution >= 4 is 21.9 Å². The number of nitrogens with zero attached hydrogens (tertiary/aromatic N) is 5. The molecule has 0 unspecified atom stereocenters. The predicted octanol–water partition coefficient (Wildman–Crippen LogP) is 3.21. The highest BCUT2D eigenvalue weighted by Gasteiger charge is 2.17. The number of hydrogen-bond donors (Lipinski definition) is 0. The Hall–Kier alpha value is -3.02. The van der Waals surface area contributed by atoms with E-state index in [1.807, 2.05) is 6.07 Å². The van der Waals surface area contributed by atoms with E-state index in [0.717, 1.165) is 11.2 Å². The van der Waals surface area contributed by atoms with Crippen LogP contribution in [0.2, 0.25) is 0 Å². The van der Waals surface area contributed by atoms with Crippen LogP contribution in [0.1, 0.15) is 27.8 Å². The van der Waals surface area contributed by atoms with Gasteiger partial charge in [-0.15, -0.1) is 15.0 Å². The van der Waals surface area contributed by atoms with Crippen molar-refractivity contribution in [1.82, 2.24) is 24.5 Å². The maximum Gasteiger partial charge on any atom is 0.260 e. The summed E-state index contributed by atoms with van der Waals surface area (Å²) in [6.45, 7) is 10.6. The van der Waals surface area contributed by atoms with E-state index in [9.17, 15) is 4.79 Å². The van der Waals surface area contributed by atoms with E-state index in [1.165, 1.54) is 38.7 Å². The third kappa shape index (κ3) is 2.18. The minimum Gasteiger partial charge on any atom is -0.302 e. The minimum absolute atomic E-state index is 0.0826. The Morgan fingerprint density at radius 2 is 1.31 bits per heavy atom. The molecule has 132 valence electrons. The van der Waals surface area contributed by atoms with Crippen LogP contribution in [0.5, 0.6) is 0 Å². The molecule has 0 spiro atoms. The lowest BCUT2D eigenvalue weighted by Crippen LogP contribution is -2.16. The van der Waals surface area contributed by atoms with Crippen LogP contribution in [0.3, 0.4) is 0 Å². The van der Waals surface area contributed by atoms with E-state index in [1.54, 1.807) is 17.9 Å². The fraction of sp³-hybridized carbons (Fsp3) is 0.300. The van der Waals surface area contributed by atoms with Crippen LogP contribution in [0.4, 0.5) is 0 Å². The maximum atomic E-state index is 12.4. The molecule has 0 amide bonds. The van der Waals surface area contributed by atoms with E-state index in [2.05, 4.69) is 49.8 Å². The smallest absolute Gasteiger partial charge is 0.260 e. The molecule has 2 heterocycles. The first-order chi connectivity index (χ1) is 12.3. The zero-order valence-corrected chi connectivity index (χ0v) is 15.9. The second-order valence-electron chi connectivity index (χ2n) is 6.98. The summed E-state index contributed by atoms with van der Waals surface area (Å²) in [5.41, 5.74) is 9.14. The van der Waals surface area contributed by atoms with Crippen LogP contribution in [0, 0.1) is 34.6 Å². The molecule has 2 aromatic heterocycles. The lowest BCUT2D eigenvalue weighted by molar-refractivity contribution is 0.752. The van der Waals surface area contributed by atoms with Crippen molar-refractivity contribution in [2.24, 2.45) is 7.05 Å². The van der Waals surface area contributed by atoms with Crippen LogP contribution >= 0.6 is 0 Å². The Morgan fingerprint density at radius 3 is 1.92 bits per heavy atom. The maximum absolute atomic E-state index is 12.4. The fourth-order valence-electron chi connectivity index (χ4n) is 3.50. The minimum atomic E-state index is -0.0826. The van der Waals surface area contributed by atoms with Gasteiger partial charge in [0.15, 0.2) is 0 Å². The Balaban J connectivity index is 2.04. The highest BCUT2D eigenvalue weighted by molar-refractivity contribution is 5.92. The first-order valence-electron chi connectivity index (χ1n) is 8.59. The van der Waals surface area contributed by atoms with Crippen LogP contribution in [-0.2, 0) is 7.05 Å². The van der Waals surface area contributed by atoms with Crippen LogP contribution in [0.15, 0.2) is 23.3 Å². The fourth-order valence-corrected chi connectivity index (χ4v) is 3.50. The lowest BCUT2D eigenvalue weighted by atomic mass is 9.93. The quantitative estimate of drug-likeness (QED) is 0.530. The molecule has 0 bridgehead atoms. The number of aryl methyl sites for hydroxylation is 1. The van der Waals surface area contributed by atoms with E-state index in [-0.39, 0.29) is 5.56 Å². The summed E-state index contributed by atoms with van der Waals surface area (Å²) < 4.78 is 1.47. The summed E-state index contributed by atoms with van der Waals surface area (Å²) in [5.74, 6) is 0. The first-order valence-corrected chi connectivity index (χ1v) is 8.59. The summed E-state index contributed by atoms with van der Waals surface area (Å²) >= 11 is 0. The molecule has 4 rings (SSSR count).